The van der Waals surface area contributed by atoms with Crippen LogP contribution in [0.15, 0.2) is 22.6 Å². The molecule has 0 fully saturated rings. The van der Waals surface area contributed by atoms with E-state index in [1.165, 1.54) is 0 Å². The summed E-state index contributed by atoms with van der Waals surface area (Å²) in [6.45, 7) is 3.87. The molecule has 0 aliphatic heterocycles. The summed E-state index contributed by atoms with van der Waals surface area (Å²) in [6.07, 6.45) is 0. The van der Waals surface area contributed by atoms with Crippen molar-refractivity contribution < 1.29 is 18.6 Å². The summed E-state index contributed by atoms with van der Waals surface area (Å²) in [5, 5.41) is 0. The molecule has 114 valence electrons. The molecule has 0 saturated carbocycles. The minimum atomic E-state index is -0.0919. The van der Waals surface area contributed by atoms with Gasteiger partial charge in [0, 0.05) is 17.7 Å². The van der Waals surface area contributed by atoms with Gasteiger partial charge in [-0.15, -0.1) is 0 Å². The van der Waals surface area contributed by atoms with Gasteiger partial charge >= 0.3 is 0 Å². The average Bonchev–Trinajstić information content (AvgIpc) is 2.83. The number of hydrogen-bond acceptors (Lipinski definition) is 4. The topological polar surface area (TPSA) is 40.8 Å². The second-order valence-corrected chi connectivity index (χ2v) is 5.59. The van der Waals surface area contributed by atoms with Gasteiger partial charge in [-0.3, -0.25) is 0 Å². The molecule has 1 unspecified atom stereocenters. The molecule has 0 saturated heterocycles. The quantitative estimate of drug-likeness (QED) is 0.745. The average molecular weight is 355 g/mol. The molecule has 1 aromatic heterocycles. The number of ether oxygens (including phenoxy) is 3. The molecule has 4 nitrogen and oxygen atoms in total. The molecule has 1 aromatic carbocycles. The van der Waals surface area contributed by atoms with E-state index in [9.17, 15) is 0 Å². The Morgan fingerprint density at radius 1 is 0.952 bits per heavy atom. The van der Waals surface area contributed by atoms with Crippen LogP contribution >= 0.6 is 15.9 Å². The molecule has 5 heteroatoms. The lowest BCUT2D eigenvalue weighted by Gasteiger charge is -2.18. The second kappa shape index (κ2) is 6.43. The fraction of sp³-hybridized carbons (Fsp3) is 0.375. The van der Waals surface area contributed by atoms with Gasteiger partial charge in [0.25, 0.3) is 0 Å². The Bertz CT molecular complexity index is 608. The van der Waals surface area contributed by atoms with Gasteiger partial charge in [0.15, 0.2) is 0 Å². The zero-order valence-corrected chi connectivity index (χ0v) is 14.4. The van der Waals surface area contributed by atoms with E-state index >= 15 is 0 Å². The first-order valence-electron chi connectivity index (χ1n) is 6.52. The molecule has 0 bridgehead atoms. The van der Waals surface area contributed by atoms with Crippen molar-refractivity contribution >= 4 is 15.9 Å². The van der Waals surface area contributed by atoms with Gasteiger partial charge in [0.1, 0.15) is 28.8 Å². The Hall–Kier alpha value is -1.62. The first kappa shape index (κ1) is 15.8. The maximum atomic E-state index is 5.61. The molecule has 1 atom stereocenters. The third kappa shape index (κ3) is 3.02. The van der Waals surface area contributed by atoms with Crippen LogP contribution in [-0.4, -0.2) is 21.3 Å². The minimum Gasteiger partial charge on any atom is -0.496 e. The highest BCUT2D eigenvalue weighted by Crippen LogP contribution is 2.45. The summed E-state index contributed by atoms with van der Waals surface area (Å²) in [5.41, 5.74) is 1.96. The third-order valence-corrected chi connectivity index (χ3v) is 4.31. The van der Waals surface area contributed by atoms with Crippen LogP contribution in [0.25, 0.3) is 0 Å². The van der Waals surface area contributed by atoms with Gasteiger partial charge in [-0.25, -0.2) is 0 Å². The number of alkyl halides is 1. The minimum absolute atomic E-state index is 0.0919. The molecule has 0 aliphatic rings. The van der Waals surface area contributed by atoms with Crippen molar-refractivity contribution in [3.63, 3.8) is 0 Å². The van der Waals surface area contributed by atoms with Gasteiger partial charge < -0.3 is 18.6 Å². The van der Waals surface area contributed by atoms with Crippen LogP contribution in [0.4, 0.5) is 0 Å². The smallest absolute Gasteiger partial charge is 0.130 e. The van der Waals surface area contributed by atoms with E-state index in [1.807, 2.05) is 32.0 Å². The van der Waals surface area contributed by atoms with Crippen molar-refractivity contribution in [3.8, 4) is 17.2 Å². The second-order valence-electron chi connectivity index (χ2n) is 4.68. The molecule has 0 spiro atoms. The summed E-state index contributed by atoms with van der Waals surface area (Å²) in [5.74, 6) is 3.83. The Morgan fingerprint density at radius 3 is 1.90 bits per heavy atom. The molecule has 0 aliphatic carbocycles. The first-order chi connectivity index (χ1) is 10.0. The summed E-state index contributed by atoms with van der Waals surface area (Å²) < 4.78 is 21.9. The zero-order valence-electron chi connectivity index (χ0n) is 12.8. The van der Waals surface area contributed by atoms with Gasteiger partial charge in [0.05, 0.1) is 31.7 Å². The lowest BCUT2D eigenvalue weighted by atomic mass is 10.0. The monoisotopic (exact) mass is 354 g/mol. The lowest BCUT2D eigenvalue weighted by molar-refractivity contribution is 0.369. The summed E-state index contributed by atoms with van der Waals surface area (Å²) in [6, 6.07) is 5.70. The molecule has 1 heterocycles. The fourth-order valence-electron chi connectivity index (χ4n) is 2.34. The number of furan rings is 1. The van der Waals surface area contributed by atoms with Crippen molar-refractivity contribution in [1.82, 2.24) is 0 Å². The summed E-state index contributed by atoms with van der Waals surface area (Å²) >= 11 is 3.73. The molecule has 2 rings (SSSR count). The normalized spacial score (nSPS) is 12.1. The predicted molar refractivity (Wildman–Crippen MR) is 85.1 cm³/mol. The highest BCUT2D eigenvalue weighted by Gasteiger charge is 2.24. The molecule has 0 amide bonds. The Morgan fingerprint density at radius 2 is 1.52 bits per heavy atom. The van der Waals surface area contributed by atoms with E-state index in [4.69, 9.17) is 18.6 Å². The van der Waals surface area contributed by atoms with Gasteiger partial charge in [0.2, 0.25) is 0 Å². The maximum Gasteiger partial charge on any atom is 0.130 e. The molecular weight excluding hydrogens is 336 g/mol. The highest BCUT2D eigenvalue weighted by molar-refractivity contribution is 9.09. The van der Waals surface area contributed by atoms with Gasteiger partial charge in [-0.1, -0.05) is 15.9 Å². The maximum absolute atomic E-state index is 5.61. The van der Waals surface area contributed by atoms with Crippen LogP contribution in [0.5, 0.6) is 17.2 Å². The molecule has 21 heavy (non-hydrogen) atoms. The van der Waals surface area contributed by atoms with Crippen molar-refractivity contribution in [2.45, 2.75) is 18.7 Å². The number of benzene rings is 1. The molecule has 0 radical (unpaired) electrons. The van der Waals surface area contributed by atoms with E-state index < -0.39 is 0 Å². The lowest BCUT2D eigenvalue weighted by Crippen LogP contribution is -2.02. The zero-order chi connectivity index (χ0) is 15.6. The largest absolute Gasteiger partial charge is 0.496 e. The fourth-order valence-corrected chi connectivity index (χ4v) is 3.25. The SMILES string of the molecule is COc1cc(OC)c(C(Br)c2cc(C)oc2C)c(OC)c1. The number of methoxy groups -OCH3 is 3. The molecule has 2 aromatic rings. The van der Waals surface area contributed by atoms with Crippen molar-refractivity contribution in [3.05, 3.63) is 40.8 Å². The third-order valence-electron chi connectivity index (χ3n) is 3.36. The van der Waals surface area contributed by atoms with E-state index in [0.717, 1.165) is 22.6 Å². The van der Waals surface area contributed by atoms with Crippen molar-refractivity contribution in [1.29, 1.82) is 0 Å². The predicted octanol–water partition coefficient (Wildman–Crippen LogP) is 4.41. The van der Waals surface area contributed by atoms with Crippen LogP contribution in [0, 0.1) is 13.8 Å². The van der Waals surface area contributed by atoms with Crippen molar-refractivity contribution in [2.24, 2.45) is 0 Å². The molecular formula is C16H19BrO4. The van der Waals surface area contributed by atoms with Gasteiger partial charge in [-0.2, -0.15) is 0 Å². The van der Waals surface area contributed by atoms with Crippen LogP contribution < -0.4 is 14.2 Å². The number of halogens is 1. The van der Waals surface area contributed by atoms with Crippen LogP contribution in [-0.2, 0) is 0 Å². The first-order valence-corrected chi connectivity index (χ1v) is 7.44. The van der Waals surface area contributed by atoms with Gasteiger partial charge in [-0.05, 0) is 19.9 Å². The van der Waals surface area contributed by atoms with E-state index in [2.05, 4.69) is 15.9 Å². The van der Waals surface area contributed by atoms with E-state index in [-0.39, 0.29) is 4.83 Å². The Labute approximate surface area is 133 Å². The summed E-state index contributed by atoms with van der Waals surface area (Å²) in [4.78, 5) is -0.0919. The Kier molecular flexibility index (Phi) is 4.83. The number of hydrogen-bond donors (Lipinski definition) is 0. The summed E-state index contributed by atoms with van der Waals surface area (Å²) in [7, 11) is 4.87. The highest BCUT2D eigenvalue weighted by atomic mass is 79.9. The number of rotatable bonds is 5. The van der Waals surface area contributed by atoms with E-state index in [0.29, 0.717) is 17.2 Å². The number of aryl methyl sites for hydroxylation is 2. The van der Waals surface area contributed by atoms with Crippen LogP contribution in [0.2, 0.25) is 0 Å². The van der Waals surface area contributed by atoms with Crippen LogP contribution in [0.3, 0.4) is 0 Å². The van der Waals surface area contributed by atoms with E-state index in [1.54, 1.807) is 21.3 Å². The molecule has 0 N–H and O–H groups in total. The van der Waals surface area contributed by atoms with Crippen molar-refractivity contribution in [2.75, 3.05) is 21.3 Å². The standard InChI is InChI=1S/C16H19BrO4/c1-9-6-12(10(2)21-9)16(17)15-13(19-4)7-11(18-3)8-14(15)20-5/h6-8,16H,1-5H3. The Balaban J connectivity index is 2.58. The van der Waals surface area contributed by atoms with Crippen LogP contribution in [0.1, 0.15) is 27.5 Å².